The molecule has 2 atom stereocenters. The lowest BCUT2D eigenvalue weighted by molar-refractivity contribution is 0.265. The molecule has 152 valence electrons. The molecule has 0 fully saturated rings. The van der Waals surface area contributed by atoms with Crippen LogP contribution in [-0.4, -0.2) is 0 Å². The molecule has 4 rings (SSSR count). The van der Waals surface area contributed by atoms with E-state index in [0.29, 0.717) is 21.5 Å². The highest BCUT2D eigenvalue weighted by Gasteiger charge is 2.37. The first-order valence-electron chi connectivity index (χ1n) is 10.0. The highest BCUT2D eigenvalue weighted by Crippen LogP contribution is 2.49. The Bertz CT molecular complexity index is 1090. The maximum absolute atomic E-state index is 9.84. The zero-order valence-corrected chi connectivity index (χ0v) is 18.2. The Labute approximate surface area is 187 Å². The highest BCUT2D eigenvalue weighted by atomic mass is 35.5. The fraction of sp³-hybridized carbons (Fsp3) is 0.240. The third-order valence-electron chi connectivity index (χ3n) is 5.83. The molecule has 2 N–H and O–H groups in total. The highest BCUT2D eigenvalue weighted by molar-refractivity contribution is 6.30. The third kappa shape index (κ3) is 3.99. The summed E-state index contributed by atoms with van der Waals surface area (Å²) in [5, 5.41) is 11.2. The van der Waals surface area contributed by atoms with Crippen LogP contribution in [0.5, 0.6) is 0 Å². The van der Waals surface area contributed by atoms with Gasteiger partial charge < -0.3 is 10.5 Å². The first kappa shape index (κ1) is 20.6. The van der Waals surface area contributed by atoms with Crippen molar-refractivity contribution in [3.05, 3.63) is 98.1 Å². The lowest BCUT2D eigenvalue weighted by Crippen LogP contribution is -2.26. The van der Waals surface area contributed by atoms with Crippen molar-refractivity contribution in [1.29, 1.82) is 5.26 Å². The molecule has 0 saturated carbocycles. The smallest absolute Gasteiger partial charge is 0.205 e. The molecule has 0 aromatic heterocycles. The minimum Gasteiger partial charge on any atom is -0.440 e. The maximum atomic E-state index is 9.84. The topological polar surface area (TPSA) is 59.0 Å². The van der Waals surface area contributed by atoms with Crippen LogP contribution in [0.15, 0.2) is 76.9 Å². The van der Waals surface area contributed by atoms with E-state index in [0.717, 1.165) is 47.3 Å². The zero-order chi connectivity index (χ0) is 21.3. The number of allylic oxidation sites excluding steroid dienone is 3. The Morgan fingerprint density at radius 1 is 1.07 bits per heavy atom. The van der Waals surface area contributed by atoms with Crippen molar-refractivity contribution in [2.45, 2.75) is 32.1 Å². The lowest BCUT2D eigenvalue weighted by Gasteiger charge is -2.36. The van der Waals surface area contributed by atoms with Crippen LogP contribution in [0.25, 0.3) is 6.08 Å². The van der Waals surface area contributed by atoms with Crippen molar-refractivity contribution < 1.29 is 4.74 Å². The second-order valence-corrected chi connectivity index (χ2v) is 8.61. The van der Waals surface area contributed by atoms with Gasteiger partial charge in [0.1, 0.15) is 17.4 Å². The fourth-order valence-corrected chi connectivity index (χ4v) is 4.52. The monoisotopic (exact) mass is 436 g/mol. The molecule has 3 nitrogen and oxygen atoms in total. The molecule has 0 amide bonds. The zero-order valence-electron chi connectivity index (χ0n) is 16.7. The van der Waals surface area contributed by atoms with E-state index in [1.807, 2.05) is 48.5 Å². The van der Waals surface area contributed by atoms with Crippen molar-refractivity contribution in [2.75, 3.05) is 0 Å². The summed E-state index contributed by atoms with van der Waals surface area (Å²) in [4.78, 5) is 0. The quantitative estimate of drug-likeness (QED) is 0.565. The fourth-order valence-electron chi connectivity index (χ4n) is 4.26. The van der Waals surface area contributed by atoms with E-state index in [9.17, 15) is 5.26 Å². The van der Waals surface area contributed by atoms with Gasteiger partial charge in [0.25, 0.3) is 0 Å². The third-order valence-corrected chi connectivity index (χ3v) is 6.33. The summed E-state index contributed by atoms with van der Waals surface area (Å²) in [6, 6.07) is 17.6. The van der Waals surface area contributed by atoms with E-state index >= 15 is 0 Å². The molecule has 1 aliphatic carbocycles. The van der Waals surface area contributed by atoms with Crippen LogP contribution >= 0.6 is 23.2 Å². The molecular formula is C25H22Cl2N2O. The van der Waals surface area contributed by atoms with Gasteiger partial charge in [0.15, 0.2) is 0 Å². The molecule has 5 heteroatoms. The minimum absolute atomic E-state index is 0.174. The summed E-state index contributed by atoms with van der Waals surface area (Å²) in [7, 11) is 0. The van der Waals surface area contributed by atoms with Crippen molar-refractivity contribution in [3.8, 4) is 6.07 Å². The summed E-state index contributed by atoms with van der Waals surface area (Å²) >= 11 is 12.1. The van der Waals surface area contributed by atoms with Crippen LogP contribution in [0.1, 0.15) is 43.2 Å². The second-order valence-electron chi connectivity index (χ2n) is 7.73. The summed E-state index contributed by atoms with van der Waals surface area (Å²) in [6.45, 7) is 2.20. The molecule has 2 unspecified atom stereocenters. The lowest BCUT2D eigenvalue weighted by atomic mass is 9.73. The Morgan fingerprint density at radius 2 is 1.70 bits per heavy atom. The average Bonchev–Trinajstić information content (AvgIpc) is 2.75. The molecule has 30 heavy (non-hydrogen) atoms. The predicted octanol–water partition coefficient (Wildman–Crippen LogP) is 6.96. The second kappa shape index (κ2) is 8.60. The van der Waals surface area contributed by atoms with Crippen LogP contribution in [0, 0.1) is 17.2 Å². The summed E-state index contributed by atoms with van der Waals surface area (Å²) in [6.07, 6.45) is 4.95. The molecule has 2 aromatic rings. The number of hydrogen-bond donors (Lipinski definition) is 1. The van der Waals surface area contributed by atoms with Gasteiger partial charge in [-0.1, -0.05) is 60.8 Å². The number of halogens is 2. The van der Waals surface area contributed by atoms with Gasteiger partial charge in [0.2, 0.25) is 5.88 Å². The van der Waals surface area contributed by atoms with E-state index < -0.39 is 0 Å². The first-order chi connectivity index (χ1) is 14.5. The molecule has 0 bridgehead atoms. The molecule has 1 heterocycles. The number of hydrogen-bond acceptors (Lipinski definition) is 3. The Hall–Kier alpha value is -2.67. The number of ether oxygens (including phenoxy) is 1. The SMILES string of the molecule is CCC1CC2=C(OC(N)=C(C#N)C2c2ccc(Cl)cc2)/C(=C/c2ccc(Cl)cc2)C1. The van der Waals surface area contributed by atoms with Crippen LogP contribution in [0.2, 0.25) is 10.0 Å². The summed E-state index contributed by atoms with van der Waals surface area (Å²) in [5.74, 6) is 1.22. The van der Waals surface area contributed by atoms with E-state index in [1.54, 1.807) is 0 Å². The van der Waals surface area contributed by atoms with Crippen molar-refractivity contribution in [1.82, 2.24) is 0 Å². The van der Waals surface area contributed by atoms with Gasteiger partial charge in [-0.05, 0) is 71.4 Å². The van der Waals surface area contributed by atoms with Crippen LogP contribution in [0.4, 0.5) is 0 Å². The minimum atomic E-state index is -0.223. The largest absolute Gasteiger partial charge is 0.440 e. The Morgan fingerprint density at radius 3 is 2.30 bits per heavy atom. The van der Waals surface area contributed by atoms with E-state index in [2.05, 4.69) is 19.1 Å². The summed E-state index contributed by atoms with van der Waals surface area (Å²) in [5.41, 5.74) is 10.9. The molecule has 0 saturated heterocycles. The van der Waals surface area contributed by atoms with Crippen molar-refractivity contribution in [3.63, 3.8) is 0 Å². The van der Waals surface area contributed by atoms with Gasteiger partial charge in [0, 0.05) is 16.0 Å². The number of nitriles is 1. The molecule has 2 aromatic carbocycles. The van der Waals surface area contributed by atoms with E-state index in [1.165, 1.54) is 0 Å². The van der Waals surface area contributed by atoms with Gasteiger partial charge in [-0.3, -0.25) is 0 Å². The van der Waals surface area contributed by atoms with Gasteiger partial charge >= 0.3 is 0 Å². The van der Waals surface area contributed by atoms with Crippen LogP contribution < -0.4 is 5.73 Å². The van der Waals surface area contributed by atoms with Crippen LogP contribution in [0.3, 0.4) is 0 Å². The van der Waals surface area contributed by atoms with Gasteiger partial charge in [0.05, 0.1) is 0 Å². The number of nitrogens with zero attached hydrogens (tertiary/aromatic N) is 1. The van der Waals surface area contributed by atoms with Gasteiger partial charge in [-0.2, -0.15) is 5.26 Å². The molecule has 0 radical (unpaired) electrons. The predicted molar refractivity (Wildman–Crippen MR) is 122 cm³/mol. The van der Waals surface area contributed by atoms with Gasteiger partial charge in [-0.15, -0.1) is 0 Å². The Kier molecular flexibility index (Phi) is 5.90. The Balaban J connectivity index is 1.86. The number of rotatable bonds is 3. The van der Waals surface area contributed by atoms with Crippen LogP contribution in [-0.2, 0) is 4.74 Å². The molecule has 1 aliphatic heterocycles. The number of benzene rings is 2. The first-order valence-corrected chi connectivity index (χ1v) is 10.8. The normalized spacial score (nSPS) is 22.5. The molecular weight excluding hydrogens is 415 g/mol. The number of nitrogens with two attached hydrogens (primary N) is 1. The van der Waals surface area contributed by atoms with Crippen molar-refractivity contribution >= 4 is 29.3 Å². The molecule has 2 aliphatic rings. The van der Waals surface area contributed by atoms with E-state index in [-0.39, 0.29) is 11.8 Å². The van der Waals surface area contributed by atoms with Crippen molar-refractivity contribution in [2.24, 2.45) is 11.7 Å². The molecule has 0 spiro atoms. The standard InChI is InChI=1S/C25H22Cl2N2O/c1-2-15-11-18(12-16-3-7-19(26)8-4-16)24-21(13-15)23(22(14-28)25(29)30-24)17-5-9-20(27)10-6-17/h3-10,12,15,23H,2,11,13,29H2,1H3/b18-12+. The van der Waals surface area contributed by atoms with E-state index in [4.69, 9.17) is 33.7 Å². The van der Waals surface area contributed by atoms with Gasteiger partial charge in [-0.25, -0.2) is 0 Å². The maximum Gasteiger partial charge on any atom is 0.205 e. The summed E-state index contributed by atoms with van der Waals surface area (Å²) < 4.78 is 6.06. The average molecular weight is 437 g/mol.